The summed E-state index contributed by atoms with van der Waals surface area (Å²) in [4.78, 5) is 44.3. The molecule has 172 valence electrons. The van der Waals surface area contributed by atoms with Gasteiger partial charge in [-0.15, -0.1) is 0 Å². The smallest absolute Gasteiger partial charge is 0.267 e. The number of aromatic nitrogens is 2. The zero-order valence-electron chi connectivity index (χ0n) is 18.7. The standard InChI is InChI=1S/C25H24N6O3/c1-16-5-7-19(8-6-16)28-24(33)18(15-26)14-20-23(30-12-9-17(10-13-30)22(27)32)29-21-4-2-3-11-31(21)25(20)34/h2-8,11,14,17H,9-10,12-13H2,1H3,(H2,27,32)(H,28,33). The van der Waals surface area contributed by atoms with E-state index in [4.69, 9.17) is 5.73 Å². The number of fused-ring (bicyclic) bond motifs is 1. The zero-order valence-corrected chi connectivity index (χ0v) is 18.7. The molecule has 2 aromatic heterocycles. The molecule has 1 saturated heterocycles. The number of carbonyl (C=O) groups excluding carboxylic acids is 2. The Balaban J connectivity index is 1.75. The van der Waals surface area contributed by atoms with Crippen LogP contribution in [0.1, 0.15) is 24.0 Å². The number of benzene rings is 1. The number of carbonyl (C=O) groups is 2. The molecule has 0 aliphatic carbocycles. The van der Waals surface area contributed by atoms with Crippen molar-refractivity contribution in [1.29, 1.82) is 5.26 Å². The minimum atomic E-state index is -0.623. The summed E-state index contributed by atoms with van der Waals surface area (Å²) in [5, 5.41) is 12.4. The first-order valence-electron chi connectivity index (χ1n) is 10.9. The van der Waals surface area contributed by atoms with Crippen LogP contribution in [0, 0.1) is 24.2 Å². The SMILES string of the molecule is Cc1ccc(NC(=O)C(C#N)=Cc2c(N3CCC(C(N)=O)CC3)nc3ccccn3c2=O)cc1. The second-order valence-corrected chi connectivity index (χ2v) is 8.24. The number of rotatable bonds is 5. The van der Waals surface area contributed by atoms with E-state index in [2.05, 4.69) is 10.3 Å². The summed E-state index contributed by atoms with van der Waals surface area (Å²) >= 11 is 0. The van der Waals surface area contributed by atoms with Gasteiger partial charge in [-0.1, -0.05) is 23.8 Å². The number of anilines is 2. The minimum Gasteiger partial charge on any atom is -0.369 e. The Hall–Kier alpha value is -4.45. The maximum Gasteiger partial charge on any atom is 0.267 e. The second-order valence-electron chi connectivity index (χ2n) is 8.24. The van der Waals surface area contributed by atoms with Crippen LogP contribution in [0.25, 0.3) is 11.7 Å². The minimum absolute atomic E-state index is 0.136. The number of primary amides is 1. The lowest BCUT2D eigenvalue weighted by Gasteiger charge is -2.32. The highest BCUT2D eigenvalue weighted by molar-refractivity contribution is 6.10. The van der Waals surface area contributed by atoms with E-state index in [1.807, 2.05) is 30.0 Å². The molecule has 9 heteroatoms. The van der Waals surface area contributed by atoms with Crippen LogP contribution in [0.4, 0.5) is 11.5 Å². The van der Waals surface area contributed by atoms with Crippen LogP contribution in [-0.4, -0.2) is 34.3 Å². The van der Waals surface area contributed by atoms with Crippen molar-refractivity contribution in [2.75, 3.05) is 23.3 Å². The fourth-order valence-electron chi connectivity index (χ4n) is 3.96. The number of pyridine rings is 1. The van der Waals surface area contributed by atoms with Crippen molar-refractivity contribution < 1.29 is 9.59 Å². The van der Waals surface area contributed by atoms with Gasteiger partial charge in [0, 0.05) is 30.9 Å². The van der Waals surface area contributed by atoms with Gasteiger partial charge in [0.2, 0.25) is 5.91 Å². The lowest BCUT2D eigenvalue weighted by molar-refractivity contribution is -0.122. The first-order chi connectivity index (χ1) is 16.4. The third-order valence-electron chi connectivity index (χ3n) is 5.91. The Morgan fingerprint density at radius 1 is 1.18 bits per heavy atom. The summed E-state index contributed by atoms with van der Waals surface area (Å²) in [5.41, 5.74) is 6.99. The van der Waals surface area contributed by atoms with Crippen LogP contribution in [-0.2, 0) is 9.59 Å². The fourth-order valence-corrected chi connectivity index (χ4v) is 3.96. The number of piperidine rings is 1. The topological polar surface area (TPSA) is 134 Å². The summed E-state index contributed by atoms with van der Waals surface area (Å²) in [5.74, 6) is -0.824. The summed E-state index contributed by atoms with van der Waals surface area (Å²) in [6.45, 7) is 2.88. The predicted molar refractivity (Wildman–Crippen MR) is 129 cm³/mol. The van der Waals surface area contributed by atoms with Gasteiger partial charge >= 0.3 is 0 Å². The Morgan fingerprint density at radius 3 is 2.53 bits per heavy atom. The Bertz CT molecular complexity index is 1380. The highest BCUT2D eigenvalue weighted by atomic mass is 16.2. The number of hydrogen-bond acceptors (Lipinski definition) is 6. The van der Waals surface area contributed by atoms with E-state index in [0.29, 0.717) is 43.1 Å². The summed E-state index contributed by atoms with van der Waals surface area (Å²) in [6.07, 6.45) is 3.94. The molecule has 3 aromatic rings. The van der Waals surface area contributed by atoms with Crippen molar-refractivity contribution in [1.82, 2.24) is 9.38 Å². The number of nitrogens with zero attached hydrogens (tertiary/aromatic N) is 4. The Morgan fingerprint density at radius 2 is 1.88 bits per heavy atom. The molecule has 34 heavy (non-hydrogen) atoms. The van der Waals surface area contributed by atoms with Gasteiger partial charge in [0.25, 0.3) is 11.5 Å². The number of nitrogens with two attached hydrogens (primary N) is 1. The molecule has 0 radical (unpaired) electrons. The third kappa shape index (κ3) is 4.66. The van der Waals surface area contributed by atoms with Crippen molar-refractivity contribution in [3.8, 4) is 6.07 Å². The highest BCUT2D eigenvalue weighted by Crippen LogP contribution is 2.25. The van der Waals surface area contributed by atoms with Crippen LogP contribution < -0.4 is 21.5 Å². The van der Waals surface area contributed by atoms with E-state index in [0.717, 1.165) is 5.56 Å². The highest BCUT2D eigenvalue weighted by Gasteiger charge is 2.27. The fraction of sp³-hybridized carbons (Fsp3) is 0.240. The first kappa shape index (κ1) is 22.7. The summed E-state index contributed by atoms with van der Waals surface area (Å²) < 4.78 is 1.37. The van der Waals surface area contributed by atoms with Crippen molar-refractivity contribution in [3.05, 3.63) is 75.7 Å². The molecule has 1 aliphatic heterocycles. The van der Waals surface area contributed by atoms with Crippen LogP contribution >= 0.6 is 0 Å². The number of hydrogen-bond donors (Lipinski definition) is 2. The van der Waals surface area contributed by atoms with Crippen LogP contribution in [0.5, 0.6) is 0 Å². The number of aryl methyl sites for hydroxylation is 1. The van der Waals surface area contributed by atoms with Gasteiger partial charge in [0.1, 0.15) is 23.1 Å². The number of nitrogens with one attached hydrogen (secondary N) is 1. The summed E-state index contributed by atoms with van der Waals surface area (Å²) in [7, 11) is 0. The molecule has 1 aliphatic rings. The van der Waals surface area contributed by atoms with Gasteiger partial charge in [-0.25, -0.2) is 4.98 Å². The molecule has 3 heterocycles. The van der Waals surface area contributed by atoms with Crippen LogP contribution in [0.3, 0.4) is 0 Å². The molecule has 1 fully saturated rings. The largest absolute Gasteiger partial charge is 0.369 e. The molecular formula is C25H24N6O3. The molecule has 0 bridgehead atoms. The van der Waals surface area contributed by atoms with Crippen LogP contribution in [0.15, 0.2) is 59.0 Å². The normalized spacial score (nSPS) is 14.6. The molecule has 0 atom stereocenters. The van der Waals surface area contributed by atoms with Gasteiger partial charge in [-0.2, -0.15) is 5.26 Å². The lowest BCUT2D eigenvalue weighted by Crippen LogP contribution is -2.40. The van der Waals surface area contributed by atoms with Crippen LogP contribution in [0.2, 0.25) is 0 Å². The van der Waals surface area contributed by atoms with E-state index >= 15 is 0 Å². The quantitative estimate of drug-likeness (QED) is 0.447. The van der Waals surface area contributed by atoms with E-state index in [-0.39, 0.29) is 23.0 Å². The van der Waals surface area contributed by atoms with Crippen molar-refractivity contribution in [2.24, 2.45) is 11.7 Å². The van der Waals surface area contributed by atoms with Crippen molar-refractivity contribution in [2.45, 2.75) is 19.8 Å². The molecular weight excluding hydrogens is 432 g/mol. The van der Waals surface area contributed by atoms with Crippen molar-refractivity contribution >= 4 is 35.0 Å². The predicted octanol–water partition coefficient (Wildman–Crippen LogP) is 2.25. The molecule has 0 saturated carbocycles. The molecule has 1 aromatic carbocycles. The van der Waals surface area contributed by atoms with Gasteiger partial charge in [0.05, 0.1) is 5.56 Å². The zero-order chi connectivity index (χ0) is 24.2. The van der Waals surface area contributed by atoms with E-state index in [1.165, 1.54) is 10.5 Å². The third-order valence-corrected chi connectivity index (χ3v) is 5.91. The molecule has 4 rings (SSSR count). The van der Waals surface area contributed by atoms with Gasteiger partial charge < -0.3 is 16.0 Å². The lowest BCUT2D eigenvalue weighted by atomic mass is 9.96. The summed E-state index contributed by atoms with van der Waals surface area (Å²) in [6, 6.07) is 14.3. The van der Waals surface area contributed by atoms with Gasteiger partial charge in [-0.3, -0.25) is 18.8 Å². The molecule has 3 N–H and O–H groups in total. The van der Waals surface area contributed by atoms with E-state index in [9.17, 15) is 19.6 Å². The molecule has 9 nitrogen and oxygen atoms in total. The number of nitriles is 1. The Kier molecular flexibility index (Phi) is 6.41. The molecule has 0 unspecified atom stereocenters. The number of amides is 2. The first-order valence-corrected chi connectivity index (χ1v) is 10.9. The van der Waals surface area contributed by atoms with Gasteiger partial charge in [0.15, 0.2) is 0 Å². The van der Waals surface area contributed by atoms with Crippen molar-refractivity contribution in [3.63, 3.8) is 0 Å². The molecule has 2 amide bonds. The maximum atomic E-state index is 13.4. The second kappa shape index (κ2) is 9.58. The Labute approximate surface area is 196 Å². The average molecular weight is 457 g/mol. The molecule has 0 spiro atoms. The van der Waals surface area contributed by atoms with E-state index < -0.39 is 11.5 Å². The maximum absolute atomic E-state index is 13.4. The average Bonchev–Trinajstić information content (AvgIpc) is 2.85. The van der Waals surface area contributed by atoms with E-state index in [1.54, 1.807) is 36.5 Å². The monoisotopic (exact) mass is 456 g/mol. The van der Waals surface area contributed by atoms with Gasteiger partial charge in [-0.05, 0) is 50.1 Å².